The average Bonchev–Trinajstić information content (AvgIpc) is 3.97. The summed E-state index contributed by atoms with van der Waals surface area (Å²) in [6.45, 7) is 0. The normalized spacial score (nSPS) is 11.9. The molecule has 0 N–H and O–H groups in total. The molecule has 0 spiro atoms. The van der Waals surface area contributed by atoms with E-state index in [1.807, 2.05) is 42.5 Å². The zero-order chi connectivity index (χ0) is 37.5. The molecule has 0 aliphatic rings. The van der Waals surface area contributed by atoms with Crippen molar-refractivity contribution in [2.75, 3.05) is 0 Å². The Kier molecular flexibility index (Phi) is 6.83. The fraction of sp³-hybridized carbons (Fsp3) is 0. The lowest BCUT2D eigenvalue weighted by molar-refractivity contribution is 0.622. The van der Waals surface area contributed by atoms with E-state index in [2.05, 4.69) is 155 Å². The van der Waals surface area contributed by atoms with Crippen molar-refractivity contribution in [3.8, 4) is 45.5 Å². The van der Waals surface area contributed by atoms with Crippen LogP contribution in [0.2, 0.25) is 0 Å². The predicted molar refractivity (Wildman–Crippen MR) is 232 cm³/mol. The zero-order valence-electron chi connectivity index (χ0n) is 30.5. The van der Waals surface area contributed by atoms with E-state index in [4.69, 9.17) is 19.4 Å². The van der Waals surface area contributed by atoms with Gasteiger partial charge in [0.2, 0.25) is 11.8 Å². The van der Waals surface area contributed by atoms with Gasteiger partial charge in [0, 0.05) is 49.3 Å². The first kappa shape index (κ1) is 31.5. The van der Waals surface area contributed by atoms with E-state index < -0.39 is 0 Å². The van der Waals surface area contributed by atoms with Crippen LogP contribution >= 0.6 is 0 Å². The molecule has 8 aromatic carbocycles. The quantitative estimate of drug-likeness (QED) is 0.177. The van der Waals surface area contributed by atoms with Crippen LogP contribution in [0.25, 0.3) is 111 Å². The summed E-state index contributed by atoms with van der Waals surface area (Å²) in [5.41, 5.74) is 12.8. The van der Waals surface area contributed by atoms with Crippen molar-refractivity contribution in [1.29, 1.82) is 0 Å². The van der Waals surface area contributed by atoms with Gasteiger partial charge in [-0.15, -0.1) is 0 Å². The second kappa shape index (κ2) is 12.3. The van der Waals surface area contributed by atoms with Gasteiger partial charge in [-0.2, -0.15) is 0 Å². The number of oxazole rings is 1. The molecule has 0 saturated carbocycles. The molecule has 12 rings (SSSR count). The highest BCUT2D eigenvalue weighted by molar-refractivity contribution is 6.19. The lowest BCUT2D eigenvalue weighted by Gasteiger charge is -2.14. The lowest BCUT2D eigenvalue weighted by atomic mass is 10.00. The van der Waals surface area contributed by atoms with Crippen LogP contribution in [0.15, 0.2) is 192 Å². The third kappa shape index (κ3) is 4.81. The van der Waals surface area contributed by atoms with Crippen molar-refractivity contribution in [2.24, 2.45) is 0 Å². The Hall–Kier alpha value is -7.83. The number of rotatable bonds is 5. The molecule has 0 aliphatic carbocycles. The molecule has 0 fully saturated rings. The molecule has 12 aromatic rings. The smallest absolute Gasteiger partial charge is 0.235 e. The highest BCUT2D eigenvalue weighted by Crippen LogP contribution is 2.43. The van der Waals surface area contributed by atoms with Gasteiger partial charge < -0.3 is 8.98 Å². The van der Waals surface area contributed by atoms with Crippen molar-refractivity contribution in [3.05, 3.63) is 188 Å². The summed E-state index contributed by atoms with van der Waals surface area (Å²) >= 11 is 0. The number of hydrogen-bond acceptors (Lipinski definition) is 4. The van der Waals surface area contributed by atoms with Crippen molar-refractivity contribution in [3.63, 3.8) is 0 Å². The van der Waals surface area contributed by atoms with Gasteiger partial charge in [0.25, 0.3) is 0 Å². The van der Waals surface area contributed by atoms with E-state index in [1.165, 1.54) is 0 Å². The highest BCUT2D eigenvalue weighted by atomic mass is 16.3. The van der Waals surface area contributed by atoms with Crippen LogP contribution in [0.4, 0.5) is 0 Å². The first-order valence-corrected chi connectivity index (χ1v) is 19.1. The second-order valence-electron chi connectivity index (χ2n) is 14.4. The Bertz CT molecular complexity index is 3510. The van der Waals surface area contributed by atoms with Crippen LogP contribution in [0.5, 0.6) is 0 Å². The molecule has 0 atom stereocenters. The summed E-state index contributed by atoms with van der Waals surface area (Å²) in [4.78, 5) is 15.6. The minimum absolute atomic E-state index is 0.606. The van der Waals surface area contributed by atoms with Crippen LogP contribution in [0.1, 0.15) is 0 Å². The third-order valence-corrected chi connectivity index (χ3v) is 11.2. The minimum Gasteiger partial charge on any atom is -0.434 e. The average molecular weight is 730 g/mol. The van der Waals surface area contributed by atoms with Crippen molar-refractivity contribution < 1.29 is 4.42 Å². The molecule has 0 unspecified atom stereocenters. The molecule has 4 aromatic heterocycles. The van der Waals surface area contributed by atoms with Crippen molar-refractivity contribution in [2.45, 2.75) is 0 Å². The summed E-state index contributed by atoms with van der Waals surface area (Å²) in [5, 5.41) is 5.53. The lowest BCUT2D eigenvalue weighted by Crippen LogP contribution is -2.04. The van der Waals surface area contributed by atoms with Gasteiger partial charge in [0.15, 0.2) is 5.58 Å². The molecule has 0 aliphatic heterocycles. The Balaban J connectivity index is 1.14. The Labute approximate surface area is 326 Å². The van der Waals surface area contributed by atoms with Crippen molar-refractivity contribution >= 4 is 65.6 Å². The maximum atomic E-state index is 6.65. The van der Waals surface area contributed by atoms with Gasteiger partial charge in [-0.25, -0.2) is 15.0 Å². The van der Waals surface area contributed by atoms with Gasteiger partial charge in [-0.05, 0) is 66.2 Å². The molecule has 6 heteroatoms. The molecule has 0 amide bonds. The first-order valence-electron chi connectivity index (χ1n) is 19.1. The molecule has 4 heterocycles. The van der Waals surface area contributed by atoms with Crippen LogP contribution in [-0.2, 0) is 0 Å². The van der Waals surface area contributed by atoms with E-state index in [-0.39, 0.29) is 0 Å². The first-order chi connectivity index (χ1) is 28.3. The highest BCUT2D eigenvalue weighted by Gasteiger charge is 2.23. The molecule has 266 valence electrons. The summed E-state index contributed by atoms with van der Waals surface area (Å²) in [7, 11) is 0. The monoisotopic (exact) mass is 729 g/mol. The molecule has 0 radical (unpaired) electrons. The number of fused-ring (bicyclic) bond motifs is 9. The van der Waals surface area contributed by atoms with Crippen LogP contribution < -0.4 is 0 Å². The molecular formula is C51H31N5O. The number of para-hydroxylation sites is 4. The Morgan fingerprint density at radius 2 is 1.05 bits per heavy atom. The van der Waals surface area contributed by atoms with E-state index in [9.17, 15) is 0 Å². The van der Waals surface area contributed by atoms with E-state index in [0.29, 0.717) is 11.8 Å². The topological polar surface area (TPSA) is 61.7 Å². The standard InChI is InChI=1S/C51H31N5O/c1-4-15-32(16-5-1)46-40-22-10-12-25-42(40)53-51(54-46)56-44-26-13-11-21-37(44)38-24-14-23-36(47(38)56)34-27-30-45-41(31-34)39-28-29-43-49(48(39)55(45)35-19-8-3-9-20-35)57-50(52-43)33-17-6-2-7-18-33/h1-31H. The molecule has 0 saturated heterocycles. The van der Waals surface area contributed by atoms with Gasteiger partial charge >= 0.3 is 0 Å². The van der Waals surface area contributed by atoms with Crippen molar-refractivity contribution in [1.82, 2.24) is 24.1 Å². The van der Waals surface area contributed by atoms with Gasteiger partial charge in [-0.3, -0.25) is 4.57 Å². The molecule has 6 nitrogen and oxygen atoms in total. The summed E-state index contributed by atoms with van der Waals surface area (Å²) in [6.07, 6.45) is 0. The van der Waals surface area contributed by atoms with Gasteiger partial charge in [-0.1, -0.05) is 127 Å². The summed E-state index contributed by atoms with van der Waals surface area (Å²) in [5.74, 6) is 1.24. The zero-order valence-corrected chi connectivity index (χ0v) is 30.5. The maximum Gasteiger partial charge on any atom is 0.235 e. The minimum atomic E-state index is 0.606. The summed E-state index contributed by atoms with van der Waals surface area (Å²) in [6, 6.07) is 65.5. The van der Waals surface area contributed by atoms with E-state index in [0.717, 1.165) is 99.2 Å². The number of aromatic nitrogens is 5. The largest absolute Gasteiger partial charge is 0.434 e. The number of benzene rings is 8. The second-order valence-corrected chi connectivity index (χ2v) is 14.4. The molecule has 57 heavy (non-hydrogen) atoms. The van der Waals surface area contributed by atoms with Gasteiger partial charge in [0.1, 0.15) is 5.52 Å². The third-order valence-electron chi connectivity index (χ3n) is 11.2. The van der Waals surface area contributed by atoms with Crippen LogP contribution in [0.3, 0.4) is 0 Å². The van der Waals surface area contributed by atoms with Crippen LogP contribution in [-0.4, -0.2) is 24.1 Å². The Morgan fingerprint density at radius 1 is 0.386 bits per heavy atom. The van der Waals surface area contributed by atoms with Crippen LogP contribution in [0, 0.1) is 0 Å². The molecular weight excluding hydrogens is 699 g/mol. The predicted octanol–water partition coefficient (Wildman–Crippen LogP) is 13.0. The SMILES string of the molecule is c1ccc(-c2nc3ccc4c5cc(-c6cccc7c8ccccc8n(-c8nc(-c9ccccc9)c9ccccc9n8)c67)ccc5n(-c5ccccc5)c4c3o2)cc1. The van der Waals surface area contributed by atoms with E-state index in [1.54, 1.807) is 0 Å². The molecule has 0 bridgehead atoms. The fourth-order valence-electron chi connectivity index (χ4n) is 8.64. The fourth-order valence-corrected chi connectivity index (χ4v) is 8.64. The van der Waals surface area contributed by atoms with E-state index >= 15 is 0 Å². The van der Waals surface area contributed by atoms with Gasteiger partial charge in [0.05, 0.1) is 33.3 Å². The number of nitrogens with zero attached hydrogens (tertiary/aromatic N) is 5. The summed E-state index contributed by atoms with van der Waals surface area (Å²) < 4.78 is 11.2. The number of hydrogen-bond donors (Lipinski definition) is 0. The maximum absolute atomic E-state index is 6.65. The Morgan fingerprint density at radius 3 is 1.88 bits per heavy atom.